The van der Waals surface area contributed by atoms with Crippen molar-refractivity contribution in [2.24, 2.45) is 0 Å². The van der Waals surface area contributed by atoms with Crippen LogP contribution in [0.5, 0.6) is 0 Å². The number of benzene rings is 1. The third kappa shape index (κ3) is 3.74. The van der Waals surface area contributed by atoms with Crippen LogP contribution >= 0.6 is 28.1 Å². The van der Waals surface area contributed by atoms with Gasteiger partial charge in [-0.2, -0.15) is 0 Å². The van der Waals surface area contributed by atoms with Crippen LogP contribution in [-0.2, 0) is 11.8 Å². The number of halogens is 3. The van der Waals surface area contributed by atoms with Gasteiger partial charge < -0.3 is 4.98 Å². The van der Waals surface area contributed by atoms with Crippen molar-refractivity contribution in [3.8, 4) is 0 Å². The Bertz CT molecular complexity index is 735. The van der Waals surface area contributed by atoms with E-state index >= 15 is 0 Å². The first kappa shape index (κ1) is 16.2. The van der Waals surface area contributed by atoms with Crippen molar-refractivity contribution < 1.29 is 8.78 Å². The van der Waals surface area contributed by atoms with E-state index in [1.54, 1.807) is 0 Å². The predicted octanol–water partition coefficient (Wildman–Crippen LogP) is 5.07. The van der Waals surface area contributed by atoms with Gasteiger partial charge in [0.2, 0.25) is 0 Å². The summed E-state index contributed by atoms with van der Waals surface area (Å²) >= 11 is 8.67. The molecular weight excluding hydrogens is 358 g/mol. The van der Waals surface area contributed by atoms with E-state index in [-0.39, 0.29) is 11.8 Å². The number of nitrogens with one attached hydrogen (secondary N) is 1. The lowest BCUT2D eigenvalue weighted by atomic mass is 9.92. The Kier molecular flexibility index (Phi) is 4.58. The van der Waals surface area contributed by atoms with Gasteiger partial charge in [-0.05, 0) is 27.6 Å². The largest absolute Gasteiger partial charge is 0.345 e. The summed E-state index contributed by atoms with van der Waals surface area (Å²) < 4.78 is 27.8. The van der Waals surface area contributed by atoms with E-state index < -0.39 is 11.6 Å². The second-order valence-electron chi connectivity index (χ2n) is 5.84. The maximum Gasteiger partial charge on any atom is 0.144 e. The fraction of sp³-hybridized carbons (Fsp3) is 0.333. The Labute approximate surface area is 135 Å². The number of hydrogen-bond acceptors (Lipinski definition) is 2. The minimum Gasteiger partial charge on any atom is -0.345 e. The van der Waals surface area contributed by atoms with Crippen LogP contribution < -0.4 is 0 Å². The Morgan fingerprint density at radius 3 is 2.52 bits per heavy atom. The van der Waals surface area contributed by atoms with Crippen LogP contribution in [0.4, 0.5) is 8.78 Å². The average Bonchev–Trinajstić information content (AvgIpc) is 2.35. The van der Waals surface area contributed by atoms with Gasteiger partial charge in [-0.3, -0.25) is 0 Å². The molecule has 2 rings (SSSR count). The number of rotatable bonds is 2. The molecule has 0 saturated carbocycles. The smallest absolute Gasteiger partial charge is 0.144 e. The molecule has 1 aromatic carbocycles. The highest BCUT2D eigenvalue weighted by Gasteiger charge is 2.20. The zero-order valence-electron chi connectivity index (χ0n) is 11.9. The Hall–Kier alpha value is -1.14. The molecule has 2 aromatic rings. The van der Waals surface area contributed by atoms with Crippen LogP contribution in [0.15, 0.2) is 22.7 Å². The quantitative estimate of drug-likeness (QED) is 0.745. The lowest BCUT2D eigenvalue weighted by Crippen LogP contribution is -2.17. The van der Waals surface area contributed by atoms with E-state index in [2.05, 4.69) is 25.9 Å². The van der Waals surface area contributed by atoms with Crippen LogP contribution in [0.25, 0.3) is 0 Å². The zero-order valence-corrected chi connectivity index (χ0v) is 14.3. The van der Waals surface area contributed by atoms with Crippen molar-refractivity contribution in [3.05, 3.63) is 56.0 Å². The van der Waals surface area contributed by atoms with E-state index in [0.29, 0.717) is 16.0 Å². The average molecular weight is 373 g/mol. The second-order valence-corrected chi connectivity index (χ2v) is 7.02. The van der Waals surface area contributed by atoms with Crippen molar-refractivity contribution in [2.45, 2.75) is 32.6 Å². The molecule has 112 valence electrons. The summed E-state index contributed by atoms with van der Waals surface area (Å²) in [4.78, 5) is 7.46. The lowest BCUT2D eigenvalue weighted by molar-refractivity contribution is 0.555. The fourth-order valence-electron chi connectivity index (χ4n) is 1.95. The van der Waals surface area contributed by atoms with Crippen LogP contribution in [0.1, 0.15) is 37.9 Å². The molecule has 0 aliphatic rings. The maximum absolute atomic E-state index is 13.7. The van der Waals surface area contributed by atoms with Gasteiger partial charge in [0.05, 0.1) is 4.47 Å². The molecule has 1 heterocycles. The highest BCUT2D eigenvalue weighted by molar-refractivity contribution is 9.10. The molecule has 21 heavy (non-hydrogen) atoms. The summed E-state index contributed by atoms with van der Waals surface area (Å²) in [6.45, 7) is 6.13. The van der Waals surface area contributed by atoms with E-state index in [9.17, 15) is 8.78 Å². The van der Waals surface area contributed by atoms with Crippen LogP contribution in [-0.4, -0.2) is 9.97 Å². The van der Waals surface area contributed by atoms with Crippen LogP contribution in [0.3, 0.4) is 0 Å². The number of aromatic amines is 1. The normalized spacial score (nSPS) is 11.7. The van der Waals surface area contributed by atoms with Gasteiger partial charge in [-0.15, -0.1) is 0 Å². The van der Waals surface area contributed by atoms with Crippen LogP contribution in [0, 0.1) is 16.3 Å². The van der Waals surface area contributed by atoms with Crippen molar-refractivity contribution in [1.29, 1.82) is 0 Å². The molecule has 2 nitrogen and oxygen atoms in total. The Balaban J connectivity index is 2.46. The molecule has 1 aromatic heterocycles. The highest BCUT2D eigenvalue weighted by Crippen LogP contribution is 2.28. The van der Waals surface area contributed by atoms with Gasteiger partial charge >= 0.3 is 0 Å². The van der Waals surface area contributed by atoms with E-state index in [0.717, 1.165) is 16.2 Å². The lowest BCUT2D eigenvalue weighted by Gasteiger charge is -2.21. The van der Waals surface area contributed by atoms with Crippen molar-refractivity contribution >= 4 is 28.1 Å². The SMILES string of the molecule is CC(C)(C)c1[nH]c(Cc2ccc(F)cc2F)nc(=S)c1Br. The Morgan fingerprint density at radius 1 is 1.29 bits per heavy atom. The standard InChI is InChI=1S/C15H15BrF2N2S/c1-15(2,3)13-12(16)14(21)20-11(19-13)6-8-4-5-9(17)7-10(8)18/h4-5,7H,6H2,1-3H3,(H,19,20,21). The van der Waals surface area contributed by atoms with Gasteiger partial charge in [0.15, 0.2) is 0 Å². The summed E-state index contributed by atoms with van der Waals surface area (Å²) in [6, 6.07) is 3.52. The second kappa shape index (κ2) is 5.93. The number of nitrogens with zero attached hydrogens (tertiary/aromatic N) is 1. The van der Waals surface area contributed by atoms with Crippen molar-refractivity contribution in [2.75, 3.05) is 0 Å². The van der Waals surface area contributed by atoms with Crippen LogP contribution in [0.2, 0.25) is 0 Å². The zero-order chi connectivity index (χ0) is 15.8. The van der Waals surface area contributed by atoms with E-state index in [1.807, 2.05) is 20.8 Å². The molecule has 0 atom stereocenters. The molecular formula is C15H15BrF2N2S. The highest BCUT2D eigenvalue weighted by atomic mass is 79.9. The van der Waals surface area contributed by atoms with Crippen molar-refractivity contribution in [1.82, 2.24) is 9.97 Å². The summed E-state index contributed by atoms with van der Waals surface area (Å²) in [7, 11) is 0. The fourth-order valence-corrected chi connectivity index (χ4v) is 2.95. The summed E-state index contributed by atoms with van der Waals surface area (Å²) in [6.07, 6.45) is 0.228. The van der Waals surface area contributed by atoms with Gasteiger partial charge in [-0.1, -0.05) is 39.1 Å². The molecule has 0 bridgehead atoms. The number of H-pyrrole nitrogens is 1. The number of hydrogen-bond donors (Lipinski definition) is 1. The first-order chi connectivity index (χ1) is 9.68. The van der Waals surface area contributed by atoms with Gasteiger partial charge in [-0.25, -0.2) is 13.8 Å². The molecule has 0 saturated heterocycles. The monoisotopic (exact) mass is 372 g/mol. The van der Waals surface area contributed by atoms with E-state index in [4.69, 9.17) is 12.2 Å². The number of aromatic nitrogens is 2. The molecule has 1 N–H and O–H groups in total. The molecule has 0 radical (unpaired) electrons. The minimum absolute atomic E-state index is 0.161. The first-order valence-electron chi connectivity index (χ1n) is 6.41. The molecule has 0 spiro atoms. The third-order valence-electron chi connectivity index (χ3n) is 3.04. The molecule has 0 amide bonds. The molecule has 0 fully saturated rings. The summed E-state index contributed by atoms with van der Waals surface area (Å²) in [5, 5.41) is 0. The summed E-state index contributed by atoms with van der Waals surface area (Å²) in [5.41, 5.74) is 1.11. The molecule has 0 aliphatic heterocycles. The minimum atomic E-state index is -0.594. The van der Waals surface area contributed by atoms with Gasteiger partial charge in [0.1, 0.15) is 22.1 Å². The molecule has 6 heteroatoms. The third-order valence-corrected chi connectivity index (χ3v) is 4.37. The Morgan fingerprint density at radius 2 is 1.95 bits per heavy atom. The summed E-state index contributed by atoms with van der Waals surface area (Å²) in [5.74, 6) is -0.627. The topological polar surface area (TPSA) is 28.7 Å². The van der Waals surface area contributed by atoms with Crippen molar-refractivity contribution in [3.63, 3.8) is 0 Å². The van der Waals surface area contributed by atoms with Gasteiger partial charge in [0, 0.05) is 23.6 Å². The molecule has 0 aliphatic carbocycles. The van der Waals surface area contributed by atoms with E-state index in [1.165, 1.54) is 12.1 Å². The van der Waals surface area contributed by atoms with Gasteiger partial charge in [0.25, 0.3) is 0 Å². The maximum atomic E-state index is 13.7. The molecule has 0 unspecified atom stereocenters. The first-order valence-corrected chi connectivity index (χ1v) is 7.61. The predicted molar refractivity (Wildman–Crippen MR) is 85.0 cm³/mol.